The second kappa shape index (κ2) is 11.0. The first kappa shape index (κ1) is 22.8. The van der Waals surface area contributed by atoms with E-state index in [0.717, 1.165) is 0 Å². The van der Waals surface area contributed by atoms with Crippen LogP contribution < -0.4 is 21.2 Å². The fraction of sp³-hybridized carbons (Fsp3) is 0.143. The molecular weight excluding hydrogens is 430 g/mol. The van der Waals surface area contributed by atoms with E-state index in [4.69, 9.17) is 0 Å². The molecule has 2 N–H and O–H groups in total. The van der Waals surface area contributed by atoms with E-state index in [1.165, 1.54) is 21.2 Å². The highest BCUT2D eigenvalue weighted by atomic mass is 31.2. The van der Waals surface area contributed by atoms with Gasteiger partial charge in [0.1, 0.15) is 0 Å². The summed E-state index contributed by atoms with van der Waals surface area (Å²) in [5.74, 6) is 0. The quantitative estimate of drug-likeness (QED) is 0.386. The molecule has 32 heavy (non-hydrogen) atoms. The second-order valence-corrected chi connectivity index (χ2v) is 12.8. The minimum absolute atomic E-state index is 0.158. The Morgan fingerprint density at radius 2 is 0.719 bits per heavy atom. The Bertz CT molecular complexity index is 911. The van der Waals surface area contributed by atoms with Crippen molar-refractivity contribution < 1.29 is 10.2 Å². The van der Waals surface area contributed by atoms with Gasteiger partial charge in [-0.1, -0.05) is 121 Å². The molecule has 0 aromatic heterocycles. The highest BCUT2D eigenvalue weighted by Crippen LogP contribution is 2.58. The minimum Gasteiger partial charge on any atom is -0.391 e. The molecule has 0 radical (unpaired) electrons. The number of aliphatic hydroxyl groups is 2. The topological polar surface area (TPSA) is 40.5 Å². The van der Waals surface area contributed by atoms with Gasteiger partial charge in [-0.05, 0) is 44.0 Å². The van der Waals surface area contributed by atoms with Crippen LogP contribution in [0.15, 0.2) is 121 Å². The van der Waals surface area contributed by atoms with Crippen LogP contribution in [0.2, 0.25) is 0 Å². The molecule has 0 amide bonds. The van der Waals surface area contributed by atoms with Crippen molar-refractivity contribution in [3.8, 4) is 0 Å². The molecule has 4 rings (SSSR count). The molecule has 0 fully saturated rings. The maximum Gasteiger partial charge on any atom is 0.0914 e. The van der Waals surface area contributed by atoms with Crippen molar-refractivity contribution in [1.82, 2.24) is 0 Å². The van der Waals surface area contributed by atoms with Crippen molar-refractivity contribution in [3.63, 3.8) is 0 Å². The number of benzene rings is 4. The van der Waals surface area contributed by atoms with E-state index in [2.05, 4.69) is 97.1 Å². The van der Waals surface area contributed by atoms with Crippen LogP contribution in [-0.4, -0.2) is 27.8 Å². The first-order chi connectivity index (χ1) is 15.7. The molecule has 0 aliphatic heterocycles. The molecule has 2 nitrogen and oxygen atoms in total. The van der Waals surface area contributed by atoms with Crippen LogP contribution in [0.3, 0.4) is 0 Å². The Balaban J connectivity index is 1.96. The van der Waals surface area contributed by atoms with Gasteiger partial charge in [-0.15, -0.1) is 0 Å². The van der Waals surface area contributed by atoms with Crippen molar-refractivity contribution >= 4 is 37.1 Å². The molecule has 0 heterocycles. The van der Waals surface area contributed by atoms with Crippen molar-refractivity contribution in [2.45, 2.75) is 24.5 Å². The Labute approximate surface area is 193 Å². The van der Waals surface area contributed by atoms with Crippen LogP contribution in [0.1, 0.15) is 6.92 Å². The summed E-state index contributed by atoms with van der Waals surface area (Å²) in [7, 11) is -1.91. The van der Waals surface area contributed by atoms with Crippen LogP contribution in [0, 0.1) is 0 Å². The average molecular weight is 458 g/mol. The summed E-state index contributed by atoms with van der Waals surface area (Å²) in [5, 5.41) is 26.9. The van der Waals surface area contributed by atoms with Gasteiger partial charge < -0.3 is 10.2 Å². The molecule has 0 spiro atoms. The molecule has 0 aliphatic carbocycles. The van der Waals surface area contributed by atoms with Gasteiger partial charge in [0.05, 0.1) is 12.2 Å². The van der Waals surface area contributed by atoms with E-state index >= 15 is 0 Å². The van der Waals surface area contributed by atoms with Crippen LogP contribution in [0.5, 0.6) is 0 Å². The van der Waals surface area contributed by atoms with Gasteiger partial charge in [0, 0.05) is 5.40 Å². The predicted octanol–water partition coefficient (Wildman–Crippen LogP) is 4.32. The maximum absolute atomic E-state index is 11.6. The Morgan fingerprint density at radius 3 is 0.938 bits per heavy atom. The van der Waals surface area contributed by atoms with Crippen molar-refractivity contribution in [2.75, 3.05) is 0 Å². The number of aliphatic hydroxyl groups excluding tert-OH is 2. The normalized spacial score (nSPS) is 13.4. The number of rotatable bonds is 8. The highest BCUT2D eigenvalue weighted by Gasteiger charge is 2.40. The van der Waals surface area contributed by atoms with Crippen molar-refractivity contribution in [1.29, 1.82) is 0 Å². The predicted molar refractivity (Wildman–Crippen MR) is 140 cm³/mol. The standard InChI is InChI=1S/C28H28O2P2/c1-22(29)27(30)28(31(23-14-6-2-7-15-23)24-16-8-3-9-17-24)32(25-18-10-4-11-19-25)26-20-12-5-13-21-26/h2-22,27-30H,1H3. The summed E-state index contributed by atoms with van der Waals surface area (Å²) in [4.78, 5) is 0. The zero-order valence-electron chi connectivity index (χ0n) is 18.1. The summed E-state index contributed by atoms with van der Waals surface area (Å²) in [6.07, 6.45) is -1.71. The van der Waals surface area contributed by atoms with Crippen LogP contribution in [0.4, 0.5) is 0 Å². The molecular formula is C28H28O2P2. The lowest BCUT2D eigenvalue weighted by molar-refractivity contribution is 0.0411. The first-order valence-corrected chi connectivity index (χ1v) is 13.6. The monoisotopic (exact) mass is 458 g/mol. The van der Waals surface area contributed by atoms with E-state index in [-0.39, 0.29) is 5.40 Å². The molecule has 162 valence electrons. The molecule has 0 bridgehead atoms. The van der Waals surface area contributed by atoms with E-state index in [1.807, 2.05) is 24.3 Å². The summed E-state index contributed by atoms with van der Waals surface area (Å²) in [6.45, 7) is 1.70. The highest BCUT2D eigenvalue weighted by molar-refractivity contribution is 7.89. The third-order valence-electron chi connectivity index (χ3n) is 5.47. The van der Waals surface area contributed by atoms with Gasteiger partial charge in [0.2, 0.25) is 0 Å². The van der Waals surface area contributed by atoms with E-state index in [9.17, 15) is 10.2 Å². The zero-order chi connectivity index (χ0) is 22.3. The lowest BCUT2D eigenvalue weighted by atomic mass is 10.2. The van der Waals surface area contributed by atoms with Gasteiger partial charge >= 0.3 is 0 Å². The largest absolute Gasteiger partial charge is 0.391 e. The van der Waals surface area contributed by atoms with E-state index in [1.54, 1.807) is 6.92 Å². The Hall–Kier alpha value is -2.34. The molecule has 4 aromatic rings. The van der Waals surface area contributed by atoms with Crippen molar-refractivity contribution in [3.05, 3.63) is 121 Å². The lowest BCUT2D eigenvalue weighted by Crippen LogP contribution is -2.41. The summed E-state index contributed by atoms with van der Waals surface area (Å²) >= 11 is 0. The smallest absolute Gasteiger partial charge is 0.0914 e. The zero-order valence-corrected chi connectivity index (χ0v) is 19.9. The van der Waals surface area contributed by atoms with Crippen molar-refractivity contribution in [2.24, 2.45) is 0 Å². The van der Waals surface area contributed by atoms with Crippen LogP contribution in [0.25, 0.3) is 0 Å². The minimum atomic E-state index is -0.954. The third kappa shape index (κ3) is 5.17. The van der Waals surface area contributed by atoms with E-state index < -0.39 is 28.1 Å². The summed E-state index contributed by atoms with van der Waals surface area (Å²) < 4.78 is 0. The Morgan fingerprint density at radius 1 is 0.469 bits per heavy atom. The second-order valence-electron chi connectivity index (χ2n) is 7.73. The molecule has 4 aromatic carbocycles. The fourth-order valence-corrected chi connectivity index (χ4v) is 11.4. The molecule has 0 aliphatic rings. The Kier molecular flexibility index (Phi) is 7.85. The van der Waals surface area contributed by atoms with Crippen LogP contribution >= 0.6 is 15.8 Å². The third-order valence-corrected chi connectivity index (χ3v) is 11.9. The summed E-state index contributed by atoms with van der Waals surface area (Å²) in [6, 6.07) is 41.9. The van der Waals surface area contributed by atoms with Gasteiger partial charge in [-0.2, -0.15) is 0 Å². The SMILES string of the molecule is CC(O)C(O)C(P(c1ccccc1)c1ccccc1)P(c1ccccc1)c1ccccc1. The molecule has 2 unspecified atom stereocenters. The number of hydrogen-bond donors (Lipinski definition) is 2. The molecule has 0 saturated heterocycles. The van der Waals surface area contributed by atoms with Gasteiger partial charge in [-0.25, -0.2) is 0 Å². The van der Waals surface area contributed by atoms with E-state index in [0.29, 0.717) is 0 Å². The lowest BCUT2D eigenvalue weighted by Gasteiger charge is -2.39. The van der Waals surface area contributed by atoms with Gasteiger partial charge in [0.25, 0.3) is 0 Å². The van der Waals surface area contributed by atoms with Gasteiger partial charge in [-0.3, -0.25) is 0 Å². The summed E-state index contributed by atoms with van der Waals surface area (Å²) in [5.41, 5.74) is 0. The van der Waals surface area contributed by atoms with Crippen LogP contribution in [-0.2, 0) is 0 Å². The average Bonchev–Trinajstić information content (AvgIpc) is 2.86. The van der Waals surface area contributed by atoms with Gasteiger partial charge in [0.15, 0.2) is 0 Å². The number of hydrogen-bond acceptors (Lipinski definition) is 2. The maximum atomic E-state index is 11.6. The first-order valence-electron chi connectivity index (χ1n) is 10.8. The molecule has 0 saturated carbocycles. The molecule has 4 heteroatoms. The molecule has 2 atom stereocenters. The fourth-order valence-electron chi connectivity index (χ4n) is 3.93.